The van der Waals surface area contributed by atoms with Gasteiger partial charge in [-0.1, -0.05) is 0 Å². The standard InChI is InChI=1S/C13H27N3O4/c1-13(2,3)20-11(17)15-10-7-9(14)5-6-16(8-10)12(18)19-4/h9-10,12,18H,5-8,14H2,1-4H3,(H,15,17)/t9-,10-,12?/m0/s1. The molecule has 1 rings (SSSR count). The van der Waals surface area contributed by atoms with E-state index >= 15 is 0 Å². The van der Waals surface area contributed by atoms with Crippen molar-refractivity contribution in [2.24, 2.45) is 5.73 Å². The summed E-state index contributed by atoms with van der Waals surface area (Å²) in [7, 11) is 1.44. The third-order valence-corrected chi connectivity index (χ3v) is 3.07. The number of aliphatic hydroxyl groups is 1. The maximum Gasteiger partial charge on any atom is 0.407 e. The van der Waals surface area contributed by atoms with Crippen LogP contribution in [0.1, 0.15) is 33.6 Å². The molecule has 1 unspecified atom stereocenters. The van der Waals surface area contributed by atoms with E-state index in [0.717, 1.165) is 6.42 Å². The van der Waals surface area contributed by atoms with E-state index in [9.17, 15) is 9.90 Å². The minimum absolute atomic E-state index is 0.0241. The Morgan fingerprint density at radius 3 is 2.70 bits per heavy atom. The number of ether oxygens (including phenoxy) is 2. The van der Waals surface area contributed by atoms with Crippen molar-refractivity contribution in [1.82, 2.24) is 10.2 Å². The Balaban J connectivity index is 2.59. The third kappa shape index (κ3) is 6.04. The second-order valence-corrected chi connectivity index (χ2v) is 6.18. The van der Waals surface area contributed by atoms with Gasteiger partial charge in [0.1, 0.15) is 5.60 Å². The summed E-state index contributed by atoms with van der Waals surface area (Å²) in [5, 5.41) is 12.6. The predicted octanol–water partition coefficient (Wildman–Crippen LogP) is 0.225. The zero-order chi connectivity index (χ0) is 15.3. The summed E-state index contributed by atoms with van der Waals surface area (Å²) in [6.45, 7) is 6.54. The Bertz CT molecular complexity index is 319. The fraction of sp³-hybridized carbons (Fsp3) is 0.923. The van der Waals surface area contributed by atoms with E-state index in [1.165, 1.54) is 7.11 Å². The molecule has 3 atom stereocenters. The molecule has 0 aromatic carbocycles. The van der Waals surface area contributed by atoms with Crippen LogP contribution in [0.5, 0.6) is 0 Å². The largest absolute Gasteiger partial charge is 0.444 e. The van der Waals surface area contributed by atoms with Gasteiger partial charge < -0.3 is 25.6 Å². The summed E-state index contributed by atoms with van der Waals surface area (Å²) in [4.78, 5) is 13.6. The van der Waals surface area contributed by atoms with Crippen molar-refractivity contribution in [3.05, 3.63) is 0 Å². The molecule has 7 heteroatoms. The van der Waals surface area contributed by atoms with Crippen LogP contribution in [0.3, 0.4) is 0 Å². The quantitative estimate of drug-likeness (QED) is 0.643. The molecule has 0 bridgehead atoms. The van der Waals surface area contributed by atoms with Crippen LogP contribution in [0.4, 0.5) is 4.79 Å². The van der Waals surface area contributed by atoms with Crippen LogP contribution in [0.15, 0.2) is 0 Å². The molecule has 0 radical (unpaired) electrons. The molecule has 1 aliphatic rings. The summed E-state index contributed by atoms with van der Waals surface area (Å²) in [5.74, 6) is 0. The highest BCUT2D eigenvalue weighted by atomic mass is 16.6. The first kappa shape index (κ1) is 17.2. The Hall–Kier alpha value is -0.890. The van der Waals surface area contributed by atoms with Crippen LogP contribution in [-0.4, -0.2) is 60.4 Å². The number of nitrogens with zero attached hydrogens (tertiary/aromatic N) is 1. The molecular formula is C13H27N3O4. The second-order valence-electron chi connectivity index (χ2n) is 6.18. The van der Waals surface area contributed by atoms with Crippen molar-refractivity contribution in [3.63, 3.8) is 0 Å². The lowest BCUT2D eigenvalue weighted by Gasteiger charge is -2.28. The lowest BCUT2D eigenvalue weighted by atomic mass is 10.1. The van der Waals surface area contributed by atoms with Gasteiger partial charge in [-0.25, -0.2) is 4.79 Å². The van der Waals surface area contributed by atoms with E-state index in [0.29, 0.717) is 19.5 Å². The molecule has 0 aliphatic carbocycles. The number of carbonyl (C=O) groups excluding carboxylic acids is 1. The van der Waals surface area contributed by atoms with Gasteiger partial charge in [-0.2, -0.15) is 0 Å². The number of amides is 1. The average Bonchev–Trinajstić information content (AvgIpc) is 2.47. The van der Waals surface area contributed by atoms with Gasteiger partial charge in [-0.05, 0) is 33.6 Å². The molecule has 4 N–H and O–H groups in total. The molecule has 0 aromatic heterocycles. The maximum absolute atomic E-state index is 11.8. The van der Waals surface area contributed by atoms with Gasteiger partial charge in [0.15, 0.2) is 0 Å². The Morgan fingerprint density at radius 1 is 1.50 bits per heavy atom. The number of hydrogen-bond acceptors (Lipinski definition) is 6. The highest BCUT2D eigenvalue weighted by Crippen LogP contribution is 2.14. The normalized spacial score (nSPS) is 26.7. The Morgan fingerprint density at radius 2 is 2.15 bits per heavy atom. The van der Waals surface area contributed by atoms with E-state index < -0.39 is 18.1 Å². The molecule has 0 saturated carbocycles. The number of hydrogen-bond donors (Lipinski definition) is 3. The van der Waals surface area contributed by atoms with Crippen molar-refractivity contribution >= 4 is 6.09 Å². The topological polar surface area (TPSA) is 97.0 Å². The van der Waals surface area contributed by atoms with E-state index in [4.69, 9.17) is 15.2 Å². The van der Waals surface area contributed by atoms with Crippen LogP contribution in [0.2, 0.25) is 0 Å². The minimum atomic E-state index is -0.983. The molecule has 7 nitrogen and oxygen atoms in total. The molecule has 20 heavy (non-hydrogen) atoms. The fourth-order valence-electron chi connectivity index (χ4n) is 2.19. The lowest BCUT2D eigenvalue weighted by molar-refractivity contribution is -0.177. The monoisotopic (exact) mass is 289 g/mol. The Labute approximate surface area is 120 Å². The molecule has 1 amide bonds. The summed E-state index contributed by atoms with van der Waals surface area (Å²) < 4.78 is 10.1. The summed E-state index contributed by atoms with van der Waals surface area (Å²) in [6, 6.07) is -0.198. The summed E-state index contributed by atoms with van der Waals surface area (Å²) >= 11 is 0. The van der Waals surface area contributed by atoms with Gasteiger partial charge >= 0.3 is 6.09 Å². The van der Waals surface area contributed by atoms with Gasteiger partial charge in [0.05, 0.1) is 0 Å². The molecular weight excluding hydrogens is 262 g/mol. The molecule has 1 aliphatic heterocycles. The van der Waals surface area contributed by atoms with Crippen LogP contribution in [0.25, 0.3) is 0 Å². The molecule has 118 valence electrons. The molecule has 1 heterocycles. The number of nitrogens with one attached hydrogen (secondary N) is 1. The average molecular weight is 289 g/mol. The van der Waals surface area contributed by atoms with Gasteiger partial charge in [-0.3, -0.25) is 4.90 Å². The smallest absolute Gasteiger partial charge is 0.407 e. The molecule has 0 spiro atoms. The van der Waals surface area contributed by atoms with Crippen LogP contribution in [-0.2, 0) is 9.47 Å². The van der Waals surface area contributed by atoms with E-state index in [1.807, 2.05) is 20.8 Å². The number of rotatable bonds is 3. The Kier molecular flexibility index (Phi) is 6.19. The zero-order valence-electron chi connectivity index (χ0n) is 12.8. The highest BCUT2D eigenvalue weighted by Gasteiger charge is 2.28. The number of methoxy groups -OCH3 is 1. The first-order valence-corrected chi connectivity index (χ1v) is 6.91. The van der Waals surface area contributed by atoms with E-state index in [2.05, 4.69) is 5.32 Å². The molecule has 1 saturated heterocycles. The number of carbonyl (C=O) groups is 1. The van der Waals surface area contributed by atoms with Crippen LogP contribution >= 0.6 is 0 Å². The van der Waals surface area contributed by atoms with Crippen molar-refractivity contribution in [2.45, 2.75) is 57.7 Å². The fourth-order valence-corrected chi connectivity index (χ4v) is 2.19. The van der Waals surface area contributed by atoms with Gasteiger partial charge in [0.25, 0.3) is 0 Å². The molecule has 0 aromatic rings. The number of aliphatic hydroxyl groups excluding tert-OH is 1. The zero-order valence-corrected chi connectivity index (χ0v) is 12.8. The first-order chi connectivity index (χ1) is 9.21. The number of nitrogens with two attached hydrogens (primary N) is 1. The van der Waals surface area contributed by atoms with Crippen molar-refractivity contribution < 1.29 is 19.4 Å². The van der Waals surface area contributed by atoms with Gasteiger partial charge in [0.2, 0.25) is 6.41 Å². The number of alkyl carbamates (subject to hydrolysis) is 1. The summed E-state index contributed by atoms with van der Waals surface area (Å²) in [5.41, 5.74) is 5.45. The highest BCUT2D eigenvalue weighted by molar-refractivity contribution is 5.68. The van der Waals surface area contributed by atoms with Crippen molar-refractivity contribution in [3.8, 4) is 0 Å². The second kappa shape index (κ2) is 7.21. The van der Waals surface area contributed by atoms with Crippen LogP contribution in [0, 0.1) is 0 Å². The molecule has 1 fully saturated rings. The van der Waals surface area contributed by atoms with Crippen molar-refractivity contribution in [1.29, 1.82) is 0 Å². The van der Waals surface area contributed by atoms with Gasteiger partial charge in [-0.15, -0.1) is 0 Å². The predicted molar refractivity (Wildman–Crippen MR) is 75.0 cm³/mol. The lowest BCUT2D eigenvalue weighted by Crippen LogP contribution is -2.48. The number of likely N-dealkylation sites (tertiary alicyclic amines) is 1. The van der Waals surface area contributed by atoms with Gasteiger partial charge in [0, 0.05) is 32.3 Å². The van der Waals surface area contributed by atoms with Crippen LogP contribution < -0.4 is 11.1 Å². The van der Waals surface area contributed by atoms with E-state index in [-0.39, 0.29) is 12.1 Å². The third-order valence-electron chi connectivity index (χ3n) is 3.07. The van der Waals surface area contributed by atoms with E-state index in [1.54, 1.807) is 4.90 Å². The maximum atomic E-state index is 11.8. The minimum Gasteiger partial charge on any atom is -0.444 e. The SMILES string of the molecule is COC(O)N1CC[C@H](N)C[C@H](NC(=O)OC(C)(C)C)C1. The first-order valence-electron chi connectivity index (χ1n) is 6.91. The summed E-state index contributed by atoms with van der Waals surface area (Å²) in [6.07, 6.45) is -0.0641. The van der Waals surface area contributed by atoms with Crippen molar-refractivity contribution in [2.75, 3.05) is 20.2 Å².